The summed E-state index contributed by atoms with van der Waals surface area (Å²) in [6.45, 7) is 3.58. The Kier molecular flexibility index (Phi) is 6.39. The van der Waals surface area contributed by atoms with Gasteiger partial charge in [-0.3, -0.25) is 19.8 Å². The number of piperazine rings is 1. The normalized spacial score (nSPS) is 18.9. The summed E-state index contributed by atoms with van der Waals surface area (Å²) >= 11 is 2.76. The molecule has 0 radical (unpaired) electrons. The third-order valence-corrected chi connectivity index (χ3v) is 7.28. The quantitative estimate of drug-likeness (QED) is 0.807. The lowest BCUT2D eigenvalue weighted by atomic mass is 9.94. The van der Waals surface area contributed by atoms with E-state index in [1.165, 1.54) is 54.8 Å². The third kappa shape index (κ3) is 4.79. The SMILES string of the molecule is O=C(Nc1nc(CC(=O)N2CCN(C3CCCCC3)CC2)cs1)c1cccs1. The van der Waals surface area contributed by atoms with E-state index in [2.05, 4.69) is 15.2 Å². The van der Waals surface area contributed by atoms with Gasteiger partial charge in [-0.1, -0.05) is 25.3 Å². The summed E-state index contributed by atoms with van der Waals surface area (Å²) < 4.78 is 0. The van der Waals surface area contributed by atoms with Gasteiger partial charge in [-0.05, 0) is 24.3 Å². The first-order chi connectivity index (χ1) is 13.7. The Bertz CT molecular complexity index is 791. The molecule has 1 saturated heterocycles. The molecule has 1 saturated carbocycles. The Balaban J connectivity index is 1.25. The second kappa shape index (κ2) is 9.15. The molecule has 2 amide bonds. The first kappa shape index (κ1) is 19.5. The number of amides is 2. The van der Waals surface area contributed by atoms with Crippen LogP contribution in [0.1, 0.15) is 47.5 Å². The number of hydrogen-bond donors (Lipinski definition) is 1. The van der Waals surface area contributed by atoms with Gasteiger partial charge in [-0.25, -0.2) is 4.98 Å². The zero-order chi connectivity index (χ0) is 19.3. The van der Waals surface area contributed by atoms with Crippen molar-refractivity contribution >= 4 is 39.6 Å². The minimum Gasteiger partial charge on any atom is -0.340 e. The summed E-state index contributed by atoms with van der Waals surface area (Å²) in [7, 11) is 0. The van der Waals surface area contributed by atoms with Crippen molar-refractivity contribution in [3.63, 3.8) is 0 Å². The fourth-order valence-electron chi connectivity index (χ4n) is 4.06. The molecule has 0 unspecified atom stereocenters. The molecule has 8 heteroatoms. The van der Waals surface area contributed by atoms with Gasteiger partial charge in [-0.15, -0.1) is 22.7 Å². The lowest BCUT2D eigenvalue weighted by molar-refractivity contribution is -0.132. The molecule has 0 spiro atoms. The van der Waals surface area contributed by atoms with Gasteiger partial charge in [0.15, 0.2) is 5.13 Å². The maximum Gasteiger partial charge on any atom is 0.267 e. The highest BCUT2D eigenvalue weighted by atomic mass is 32.1. The van der Waals surface area contributed by atoms with Crippen LogP contribution in [0.25, 0.3) is 0 Å². The van der Waals surface area contributed by atoms with Crippen LogP contribution in [0.4, 0.5) is 5.13 Å². The van der Waals surface area contributed by atoms with Gasteiger partial charge < -0.3 is 4.90 Å². The lowest BCUT2D eigenvalue weighted by Crippen LogP contribution is -2.52. The highest BCUT2D eigenvalue weighted by Gasteiger charge is 2.27. The Morgan fingerprint density at radius 1 is 1.11 bits per heavy atom. The van der Waals surface area contributed by atoms with Crippen molar-refractivity contribution in [1.29, 1.82) is 0 Å². The molecule has 0 atom stereocenters. The number of carbonyl (C=O) groups is 2. The van der Waals surface area contributed by atoms with E-state index in [1.807, 2.05) is 21.7 Å². The number of carbonyl (C=O) groups excluding carboxylic acids is 2. The van der Waals surface area contributed by atoms with Crippen LogP contribution in [0, 0.1) is 0 Å². The summed E-state index contributed by atoms with van der Waals surface area (Å²) in [5.41, 5.74) is 0.728. The molecule has 0 bridgehead atoms. The predicted molar refractivity (Wildman–Crippen MR) is 113 cm³/mol. The van der Waals surface area contributed by atoms with Crippen molar-refractivity contribution in [3.05, 3.63) is 33.5 Å². The molecule has 1 N–H and O–H groups in total. The monoisotopic (exact) mass is 418 g/mol. The molecule has 150 valence electrons. The van der Waals surface area contributed by atoms with Crippen LogP contribution < -0.4 is 5.32 Å². The summed E-state index contributed by atoms with van der Waals surface area (Å²) in [5.74, 6) is -0.0224. The van der Waals surface area contributed by atoms with E-state index in [0.29, 0.717) is 16.4 Å². The number of nitrogens with one attached hydrogen (secondary N) is 1. The second-order valence-electron chi connectivity index (χ2n) is 7.46. The number of nitrogens with zero attached hydrogens (tertiary/aromatic N) is 3. The van der Waals surface area contributed by atoms with Crippen LogP contribution in [0.15, 0.2) is 22.9 Å². The first-order valence-electron chi connectivity index (χ1n) is 10.00. The number of hydrogen-bond acceptors (Lipinski definition) is 6. The average molecular weight is 419 g/mol. The Hall–Kier alpha value is -1.77. The Labute approximate surface area is 173 Å². The molecule has 6 nitrogen and oxygen atoms in total. The van der Waals surface area contributed by atoms with E-state index in [0.717, 1.165) is 37.9 Å². The van der Waals surface area contributed by atoms with Crippen LogP contribution in [0.5, 0.6) is 0 Å². The van der Waals surface area contributed by atoms with Gasteiger partial charge in [0, 0.05) is 37.6 Å². The molecular weight excluding hydrogens is 392 g/mol. The molecule has 3 heterocycles. The highest BCUT2D eigenvalue weighted by molar-refractivity contribution is 7.14. The van der Waals surface area contributed by atoms with E-state index in [9.17, 15) is 9.59 Å². The third-order valence-electron chi connectivity index (χ3n) is 5.61. The number of aromatic nitrogens is 1. The van der Waals surface area contributed by atoms with Crippen LogP contribution >= 0.6 is 22.7 Å². The van der Waals surface area contributed by atoms with Crippen LogP contribution in [0.3, 0.4) is 0 Å². The van der Waals surface area contributed by atoms with Crippen molar-refractivity contribution in [2.45, 2.75) is 44.6 Å². The summed E-state index contributed by atoms with van der Waals surface area (Å²) in [6.07, 6.45) is 6.99. The van der Waals surface area contributed by atoms with Crippen molar-refractivity contribution in [2.24, 2.45) is 0 Å². The molecule has 0 aromatic carbocycles. The minimum absolute atomic E-state index is 0.129. The van der Waals surface area contributed by atoms with Crippen LogP contribution in [-0.4, -0.2) is 58.8 Å². The zero-order valence-corrected chi connectivity index (χ0v) is 17.6. The summed E-state index contributed by atoms with van der Waals surface area (Å²) in [5, 5.41) is 7.08. The van der Waals surface area contributed by atoms with E-state index in [-0.39, 0.29) is 11.8 Å². The topological polar surface area (TPSA) is 65.5 Å². The number of anilines is 1. The molecule has 4 rings (SSSR count). The largest absolute Gasteiger partial charge is 0.340 e. The minimum atomic E-state index is -0.152. The number of rotatable bonds is 5. The van der Waals surface area contributed by atoms with Gasteiger partial charge in [-0.2, -0.15) is 0 Å². The Morgan fingerprint density at radius 2 is 1.89 bits per heavy atom. The molecule has 28 heavy (non-hydrogen) atoms. The number of thiophene rings is 1. The van der Waals surface area contributed by atoms with Crippen molar-refractivity contribution < 1.29 is 9.59 Å². The molecule has 1 aliphatic carbocycles. The van der Waals surface area contributed by atoms with Gasteiger partial charge in [0.05, 0.1) is 17.0 Å². The lowest BCUT2D eigenvalue weighted by Gasteiger charge is -2.40. The molecule has 2 aliphatic rings. The fraction of sp³-hybridized carbons (Fsp3) is 0.550. The second-order valence-corrected chi connectivity index (χ2v) is 9.27. The molecule has 1 aliphatic heterocycles. The van der Waals surface area contributed by atoms with E-state index in [1.54, 1.807) is 6.07 Å². The standard InChI is InChI=1S/C20H26N4O2S2/c25-18(24-10-8-23(9-11-24)16-5-2-1-3-6-16)13-15-14-28-20(21-15)22-19(26)17-7-4-12-27-17/h4,7,12,14,16H,1-3,5-6,8-11,13H2,(H,21,22,26). The molecule has 2 aromatic heterocycles. The first-order valence-corrected chi connectivity index (χ1v) is 11.8. The average Bonchev–Trinajstić information content (AvgIpc) is 3.41. The van der Waals surface area contributed by atoms with Gasteiger partial charge in [0.1, 0.15) is 0 Å². The van der Waals surface area contributed by atoms with Crippen molar-refractivity contribution in [2.75, 3.05) is 31.5 Å². The van der Waals surface area contributed by atoms with Crippen LogP contribution in [-0.2, 0) is 11.2 Å². The zero-order valence-electron chi connectivity index (χ0n) is 15.9. The maximum absolute atomic E-state index is 12.7. The predicted octanol–water partition coefficient (Wildman–Crippen LogP) is 3.48. The summed E-state index contributed by atoms with van der Waals surface area (Å²) in [4.78, 5) is 34.4. The van der Waals surface area contributed by atoms with E-state index in [4.69, 9.17) is 0 Å². The summed E-state index contributed by atoms with van der Waals surface area (Å²) in [6, 6.07) is 4.35. The maximum atomic E-state index is 12.7. The molecule has 2 fully saturated rings. The smallest absolute Gasteiger partial charge is 0.267 e. The van der Waals surface area contributed by atoms with Gasteiger partial charge in [0.25, 0.3) is 5.91 Å². The van der Waals surface area contributed by atoms with Crippen molar-refractivity contribution in [3.8, 4) is 0 Å². The molecule has 2 aromatic rings. The van der Waals surface area contributed by atoms with Crippen molar-refractivity contribution in [1.82, 2.24) is 14.8 Å². The van der Waals surface area contributed by atoms with E-state index >= 15 is 0 Å². The van der Waals surface area contributed by atoms with Gasteiger partial charge >= 0.3 is 0 Å². The van der Waals surface area contributed by atoms with Gasteiger partial charge in [0.2, 0.25) is 5.91 Å². The van der Waals surface area contributed by atoms with Crippen LogP contribution in [0.2, 0.25) is 0 Å². The number of thiazole rings is 1. The fourth-order valence-corrected chi connectivity index (χ4v) is 5.39. The molecular formula is C20H26N4O2S2. The highest BCUT2D eigenvalue weighted by Crippen LogP contribution is 2.24. The Morgan fingerprint density at radius 3 is 2.61 bits per heavy atom. The van der Waals surface area contributed by atoms with E-state index < -0.39 is 0 Å².